The second-order valence-electron chi connectivity index (χ2n) is 11.3. The first-order valence-electron chi connectivity index (χ1n) is 12.8. The van der Waals surface area contributed by atoms with E-state index >= 15 is 0 Å². The van der Waals surface area contributed by atoms with Crippen LogP contribution in [0.3, 0.4) is 0 Å². The number of hydrogen-bond acceptors (Lipinski definition) is 7. The first-order valence-corrected chi connectivity index (χ1v) is 12.8. The molecule has 1 aliphatic heterocycles. The second kappa shape index (κ2) is 9.79. The molecule has 2 aromatic carbocycles. The minimum absolute atomic E-state index is 0.200. The fourth-order valence-corrected chi connectivity index (χ4v) is 5.12. The molecule has 0 saturated carbocycles. The van der Waals surface area contributed by atoms with Gasteiger partial charge in [0.05, 0.1) is 29.0 Å². The van der Waals surface area contributed by atoms with Crippen molar-refractivity contribution < 1.29 is 18.7 Å². The smallest absolute Gasteiger partial charge is 0.276 e. The molecule has 0 bridgehead atoms. The highest BCUT2D eigenvalue weighted by Crippen LogP contribution is 2.39. The van der Waals surface area contributed by atoms with Crippen molar-refractivity contribution in [3.05, 3.63) is 76.0 Å². The summed E-state index contributed by atoms with van der Waals surface area (Å²) in [6.45, 7) is 6.83. The molecule has 1 amide bonds. The number of aliphatic hydroxyl groups is 1. The van der Waals surface area contributed by atoms with Crippen LogP contribution >= 0.6 is 0 Å². The van der Waals surface area contributed by atoms with Gasteiger partial charge in [-0.15, -0.1) is 0 Å². The van der Waals surface area contributed by atoms with Crippen molar-refractivity contribution in [2.45, 2.75) is 38.1 Å². The number of fused-ring (bicyclic) bond motifs is 1. The molecule has 1 atom stereocenters. The number of hydrogen-bond donors (Lipinski definition) is 3. The molecule has 1 aliphatic rings. The second-order valence-corrected chi connectivity index (χ2v) is 11.3. The van der Waals surface area contributed by atoms with Gasteiger partial charge in [0.1, 0.15) is 22.7 Å². The number of nitrogens with two attached hydrogens (primary N) is 1. The van der Waals surface area contributed by atoms with Crippen molar-refractivity contribution >= 4 is 28.3 Å². The van der Waals surface area contributed by atoms with Gasteiger partial charge >= 0.3 is 0 Å². The number of benzene rings is 2. The van der Waals surface area contributed by atoms with Crippen LogP contribution in [0.2, 0.25) is 0 Å². The van der Waals surface area contributed by atoms with E-state index in [0.717, 1.165) is 29.5 Å². The molecule has 0 radical (unpaired) electrons. The number of aryl methyl sites for hydroxylation is 1. The lowest BCUT2D eigenvalue weighted by Crippen LogP contribution is -2.46. The number of anilines is 2. The van der Waals surface area contributed by atoms with Gasteiger partial charge in [0.25, 0.3) is 11.5 Å². The quantitative estimate of drug-likeness (QED) is 0.348. The number of imidazole rings is 1. The molecule has 3 heterocycles. The summed E-state index contributed by atoms with van der Waals surface area (Å²) in [4.78, 5) is 32.8. The Hall–Kier alpha value is -4.16. The minimum atomic E-state index is -0.993. The van der Waals surface area contributed by atoms with Crippen LogP contribution in [0.25, 0.3) is 16.7 Å². The molecule has 2 aromatic heterocycles. The van der Waals surface area contributed by atoms with Gasteiger partial charge in [0.2, 0.25) is 0 Å². The number of halogens is 2. The molecule has 10 nitrogen and oxygen atoms in total. The Morgan fingerprint density at radius 3 is 2.45 bits per heavy atom. The average Bonchev–Trinajstić information content (AvgIpc) is 3.45. The summed E-state index contributed by atoms with van der Waals surface area (Å²) in [5.74, 6) is -1.84. The van der Waals surface area contributed by atoms with Crippen molar-refractivity contribution in [3.8, 4) is 5.69 Å². The van der Waals surface area contributed by atoms with E-state index in [9.17, 15) is 23.5 Å². The summed E-state index contributed by atoms with van der Waals surface area (Å²) in [6, 6.07) is 8.97. The summed E-state index contributed by atoms with van der Waals surface area (Å²) in [5, 5.41) is 16.7. The Kier molecular flexibility index (Phi) is 6.71. The van der Waals surface area contributed by atoms with Gasteiger partial charge in [-0.3, -0.25) is 9.59 Å². The molecular formula is C28H31F2N7O3. The third-order valence-electron chi connectivity index (χ3n) is 7.14. The summed E-state index contributed by atoms with van der Waals surface area (Å²) in [6.07, 6.45) is 0.535. The third-order valence-corrected chi connectivity index (χ3v) is 7.14. The van der Waals surface area contributed by atoms with E-state index in [1.807, 2.05) is 22.6 Å². The molecule has 4 aromatic rings. The molecular weight excluding hydrogens is 520 g/mol. The molecule has 210 valence electrons. The van der Waals surface area contributed by atoms with Crippen LogP contribution in [0.1, 0.15) is 43.5 Å². The molecule has 4 N–H and O–H groups in total. The zero-order valence-electron chi connectivity index (χ0n) is 22.7. The van der Waals surface area contributed by atoms with Gasteiger partial charge in [-0.25, -0.2) is 13.8 Å². The number of aliphatic hydroxyl groups excluding tert-OH is 1. The monoisotopic (exact) mass is 551 g/mol. The number of carbonyl (C=O) groups is 1. The maximum atomic E-state index is 14.4. The summed E-state index contributed by atoms with van der Waals surface area (Å²) >= 11 is 0. The van der Waals surface area contributed by atoms with Crippen LogP contribution in [-0.4, -0.2) is 55.6 Å². The SMILES string of the molecule is Cn1c(C(C)(C)C)nc2c(N3CCC(N)(CO)C3)c(NC(=O)c3ccc(=O)n(-c4c(F)cccc4F)n3)ccc21. The zero-order valence-corrected chi connectivity index (χ0v) is 22.7. The Balaban J connectivity index is 1.60. The number of para-hydroxylation sites is 1. The average molecular weight is 552 g/mol. The van der Waals surface area contributed by atoms with Gasteiger partial charge in [0.15, 0.2) is 11.6 Å². The molecule has 1 fully saturated rings. The Labute approximate surface area is 229 Å². The molecule has 0 spiro atoms. The lowest BCUT2D eigenvalue weighted by Gasteiger charge is -2.25. The van der Waals surface area contributed by atoms with Gasteiger partial charge in [-0.05, 0) is 36.8 Å². The molecule has 0 aliphatic carbocycles. The predicted molar refractivity (Wildman–Crippen MR) is 148 cm³/mol. The van der Waals surface area contributed by atoms with Crippen molar-refractivity contribution in [1.82, 2.24) is 19.3 Å². The van der Waals surface area contributed by atoms with E-state index in [-0.39, 0.29) is 17.7 Å². The molecule has 1 saturated heterocycles. The Morgan fingerprint density at radius 2 is 1.82 bits per heavy atom. The number of aromatic nitrogens is 4. The summed E-state index contributed by atoms with van der Waals surface area (Å²) < 4.78 is 31.3. The Bertz CT molecular complexity index is 1670. The first kappa shape index (κ1) is 27.4. The molecule has 40 heavy (non-hydrogen) atoms. The van der Waals surface area contributed by atoms with E-state index in [0.29, 0.717) is 41.1 Å². The van der Waals surface area contributed by atoms with E-state index in [4.69, 9.17) is 10.7 Å². The number of nitrogens with one attached hydrogen (secondary N) is 1. The van der Waals surface area contributed by atoms with Crippen molar-refractivity contribution in [3.63, 3.8) is 0 Å². The highest BCUT2D eigenvalue weighted by Gasteiger charge is 2.36. The lowest BCUT2D eigenvalue weighted by molar-refractivity contribution is 0.102. The predicted octanol–water partition coefficient (Wildman–Crippen LogP) is 2.85. The summed E-state index contributed by atoms with van der Waals surface area (Å²) in [7, 11) is 1.93. The van der Waals surface area contributed by atoms with Crippen LogP contribution in [-0.2, 0) is 12.5 Å². The van der Waals surface area contributed by atoms with E-state index in [1.165, 1.54) is 12.1 Å². The first-order chi connectivity index (χ1) is 18.8. The van der Waals surface area contributed by atoms with Gasteiger partial charge < -0.3 is 25.6 Å². The summed E-state index contributed by atoms with van der Waals surface area (Å²) in [5.41, 5.74) is 6.14. The van der Waals surface area contributed by atoms with Crippen molar-refractivity contribution in [2.24, 2.45) is 12.8 Å². The Morgan fingerprint density at radius 1 is 1.12 bits per heavy atom. The van der Waals surface area contributed by atoms with Crippen molar-refractivity contribution in [1.29, 1.82) is 0 Å². The maximum Gasteiger partial charge on any atom is 0.276 e. The molecule has 1 unspecified atom stereocenters. The normalized spacial score (nSPS) is 17.6. The van der Waals surface area contributed by atoms with Gasteiger partial charge in [-0.2, -0.15) is 9.78 Å². The van der Waals surface area contributed by atoms with E-state index in [1.54, 1.807) is 6.07 Å². The fraction of sp³-hybridized carbons (Fsp3) is 0.357. The van der Waals surface area contributed by atoms with E-state index in [2.05, 4.69) is 31.2 Å². The van der Waals surface area contributed by atoms with Crippen LogP contribution < -0.4 is 21.5 Å². The standard InChI is InChI=1S/C28H31F2N7O3/c1-27(2,3)26-33-22-20(35(26)4)10-8-18(24(22)36-13-12-28(31,14-36)15-38)32-25(40)19-9-11-21(39)37(34-19)23-16(29)6-5-7-17(23)30/h5-11,38H,12-15,31H2,1-4H3,(H,32,40). The molecule has 12 heteroatoms. The van der Waals surface area contributed by atoms with Crippen LogP contribution in [0.5, 0.6) is 0 Å². The number of rotatable bonds is 5. The largest absolute Gasteiger partial charge is 0.394 e. The zero-order chi connectivity index (χ0) is 29.0. The lowest BCUT2D eigenvalue weighted by atomic mass is 9.96. The third kappa shape index (κ3) is 4.73. The fourth-order valence-electron chi connectivity index (χ4n) is 5.12. The van der Waals surface area contributed by atoms with E-state index < -0.39 is 34.3 Å². The number of nitrogens with zero attached hydrogens (tertiary/aromatic N) is 5. The highest BCUT2D eigenvalue weighted by molar-refractivity contribution is 6.08. The highest BCUT2D eigenvalue weighted by atomic mass is 19.1. The van der Waals surface area contributed by atoms with Crippen molar-refractivity contribution in [2.75, 3.05) is 29.9 Å². The van der Waals surface area contributed by atoms with Crippen LogP contribution in [0.4, 0.5) is 20.2 Å². The van der Waals surface area contributed by atoms with Crippen LogP contribution in [0.15, 0.2) is 47.3 Å². The number of carbonyl (C=O) groups excluding carboxylic acids is 1. The minimum Gasteiger partial charge on any atom is -0.394 e. The number of amides is 1. The van der Waals surface area contributed by atoms with Crippen LogP contribution in [0, 0.1) is 11.6 Å². The topological polar surface area (TPSA) is 131 Å². The van der Waals surface area contributed by atoms with Gasteiger partial charge in [0, 0.05) is 31.6 Å². The van der Waals surface area contributed by atoms with Gasteiger partial charge in [-0.1, -0.05) is 26.8 Å². The molecule has 5 rings (SSSR count). The maximum absolute atomic E-state index is 14.4.